The van der Waals surface area contributed by atoms with E-state index in [1.54, 1.807) is 32.9 Å². The van der Waals surface area contributed by atoms with Gasteiger partial charge in [-0.15, -0.1) is 0 Å². The fourth-order valence-electron chi connectivity index (χ4n) is 4.80. The summed E-state index contributed by atoms with van der Waals surface area (Å²) in [5.41, 5.74) is -3.04. The Morgan fingerprint density at radius 2 is 2.07 bits per heavy atom. The molecule has 7 nitrogen and oxygen atoms in total. The van der Waals surface area contributed by atoms with Crippen LogP contribution in [-0.2, 0) is 28.8 Å². The SMILES string of the molecule is C=C1C(=O)O[C@H]2[C@H]1C[C@@H](OC(=O)/C(C)=C\C)[C@@](C)(O)[C@@]13C=C[C@@](C)(OO1)[C@H]23. The van der Waals surface area contributed by atoms with Gasteiger partial charge in [0.15, 0.2) is 5.60 Å². The first kappa shape index (κ1) is 18.4. The van der Waals surface area contributed by atoms with Crippen LogP contribution in [0.2, 0.25) is 0 Å². The summed E-state index contributed by atoms with van der Waals surface area (Å²) >= 11 is 0. The zero-order valence-electron chi connectivity index (χ0n) is 15.9. The van der Waals surface area contributed by atoms with Crippen molar-refractivity contribution in [3.05, 3.63) is 36.0 Å². The molecule has 7 heteroatoms. The van der Waals surface area contributed by atoms with Crippen molar-refractivity contribution in [2.75, 3.05) is 0 Å². The summed E-state index contributed by atoms with van der Waals surface area (Å²) < 4.78 is 11.3. The highest BCUT2D eigenvalue weighted by Crippen LogP contribution is 2.61. The summed E-state index contributed by atoms with van der Waals surface area (Å²) in [6.45, 7) is 10.6. The molecule has 2 saturated heterocycles. The summed E-state index contributed by atoms with van der Waals surface area (Å²) in [5, 5.41) is 11.6. The molecule has 0 amide bonds. The average molecular weight is 376 g/mol. The number of carbonyl (C=O) groups excluding carboxylic acids is 2. The Morgan fingerprint density at radius 1 is 1.37 bits per heavy atom. The molecule has 27 heavy (non-hydrogen) atoms. The molecule has 7 atom stereocenters. The van der Waals surface area contributed by atoms with E-state index in [9.17, 15) is 14.7 Å². The number of rotatable bonds is 2. The van der Waals surface area contributed by atoms with E-state index in [0.29, 0.717) is 11.1 Å². The van der Waals surface area contributed by atoms with Crippen LogP contribution in [0.25, 0.3) is 0 Å². The fourth-order valence-corrected chi connectivity index (χ4v) is 4.80. The minimum absolute atomic E-state index is 0.205. The van der Waals surface area contributed by atoms with Crippen molar-refractivity contribution in [3.63, 3.8) is 0 Å². The van der Waals surface area contributed by atoms with E-state index in [2.05, 4.69) is 6.58 Å². The maximum absolute atomic E-state index is 12.4. The van der Waals surface area contributed by atoms with Crippen molar-refractivity contribution in [2.24, 2.45) is 11.8 Å². The Morgan fingerprint density at radius 3 is 2.67 bits per heavy atom. The van der Waals surface area contributed by atoms with Gasteiger partial charge in [-0.2, -0.15) is 0 Å². The molecule has 3 fully saturated rings. The average Bonchev–Trinajstić information content (AvgIpc) is 3.18. The number of carbonyl (C=O) groups is 2. The zero-order chi connectivity index (χ0) is 19.8. The van der Waals surface area contributed by atoms with Gasteiger partial charge in [0.1, 0.15) is 23.4 Å². The van der Waals surface area contributed by atoms with Gasteiger partial charge in [-0.3, -0.25) is 0 Å². The predicted octanol–water partition coefficient (Wildman–Crippen LogP) is 1.76. The molecular formula is C20H24O7. The maximum atomic E-state index is 12.4. The molecule has 1 saturated carbocycles. The highest BCUT2D eigenvalue weighted by molar-refractivity contribution is 5.91. The third-order valence-corrected chi connectivity index (χ3v) is 6.67. The monoisotopic (exact) mass is 376 g/mol. The van der Waals surface area contributed by atoms with E-state index < -0.39 is 52.8 Å². The number of fused-ring (bicyclic) bond motifs is 1. The molecule has 1 N–H and O–H groups in total. The van der Waals surface area contributed by atoms with Crippen LogP contribution >= 0.6 is 0 Å². The van der Waals surface area contributed by atoms with Gasteiger partial charge in [0.05, 0.1) is 5.92 Å². The van der Waals surface area contributed by atoms with E-state index in [1.807, 2.05) is 13.0 Å². The van der Waals surface area contributed by atoms with Gasteiger partial charge in [0.2, 0.25) is 0 Å². The van der Waals surface area contributed by atoms with Gasteiger partial charge in [-0.25, -0.2) is 19.4 Å². The predicted molar refractivity (Wildman–Crippen MR) is 93.0 cm³/mol. The Bertz CT molecular complexity index is 794. The highest BCUT2D eigenvalue weighted by atomic mass is 17.2. The van der Waals surface area contributed by atoms with E-state index in [4.69, 9.17) is 19.2 Å². The minimum Gasteiger partial charge on any atom is -0.458 e. The first-order chi connectivity index (χ1) is 12.6. The third-order valence-electron chi connectivity index (χ3n) is 6.67. The summed E-state index contributed by atoms with van der Waals surface area (Å²) in [6.07, 6.45) is 3.85. The van der Waals surface area contributed by atoms with Crippen molar-refractivity contribution >= 4 is 11.9 Å². The number of hydrogen-bond donors (Lipinski definition) is 1. The molecule has 2 heterocycles. The number of allylic oxidation sites excluding steroid dienone is 1. The van der Waals surface area contributed by atoms with E-state index in [1.165, 1.54) is 0 Å². The zero-order valence-corrected chi connectivity index (χ0v) is 15.9. The minimum atomic E-state index is -1.61. The van der Waals surface area contributed by atoms with E-state index in [0.717, 1.165) is 0 Å². The van der Waals surface area contributed by atoms with Crippen LogP contribution in [0.5, 0.6) is 0 Å². The van der Waals surface area contributed by atoms with Gasteiger partial charge in [-0.1, -0.05) is 18.7 Å². The van der Waals surface area contributed by atoms with Crippen molar-refractivity contribution < 1.29 is 33.9 Å². The molecule has 0 radical (unpaired) electrons. The van der Waals surface area contributed by atoms with Crippen LogP contribution in [0.1, 0.15) is 34.1 Å². The molecule has 4 aliphatic rings. The van der Waals surface area contributed by atoms with Crippen LogP contribution in [0.4, 0.5) is 0 Å². The van der Waals surface area contributed by atoms with Crippen LogP contribution in [0, 0.1) is 11.8 Å². The van der Waals surface area contributed by atoms with Gasteiger partial charge in [0.25, 0.3) is 0 Å². The summed E-state index contributed by atoms with van der Waals surface area (Å²) in [4.78, 5) is 35.8. The van der Waals surface area contributed by atoms with Crippen molar-refractivity contribution in [3.8, 4) is 0 Å². The van der Waals surface area contributed by atoms with Gasteiger partial charge < -0.3 is 14.6 Å². The highest BCUT2D eigenvalue weighted by Gasteiger charge is 2.76. The Balaban J connectivity index is 1.81. The standard InChI is InChI=1S/C20H24O7/c1-6-10(2)16(21)24-13-9-12-11(3)17(22)25-14(12)15-18(4)7-8-20(15,27-26-18)19(13,5)23/h6-8,12-15,23H,3,9H2,1-2,4-5H3/b10-6-/t12-,13+,14-,15-,18+,19+,20-/m0/s1. The van der Waals surface area contributed by atoms with Crippen molar-refractivity contribution in [1.29, 1.82) is 0 Å². The van der Waals surface area contributed by atoms with Gasteiger partial charge >= 0.3 is 11.9 Å². The summed E-state index contributed by atoms with van der Waals surface area (Å²) in [5.74, 6) is -1.91. The lowest BCUT2D eigenvalue weighted by Crippen LogP contribution is -2.62. The maximum Gasteiger partial charge on any atom is 0.334 e. The largest absolute Gasteiger partial charge is 0.458 e. The molecule has 146 valence electrons. The lowest BCUT2D eigenvalue weighted by Gasteiger charge is -2.43. The molecule has 2 aliphatic carbocycles. The van der Waals surface area contributed by atoms with E-state index >= 15 is 0 Å². The second kappa shape index (κ2) is 5.53. The topological polar surface area (TPSA) is 91.3 Å². The van der Waals surface area contributed by atoms with Crippen molar-refractivity contribution in [1.82, 2.24) is 0 Å². The van der Waals surface area contributed by atoms with Crippen molar-refractivity contribution in [2.45, 2.75) is 63.1 Å². The van der Waals surface area contributed by atoms with Crippen LogP contribution in [0.3, 0.4) is 0 Å². The van der Waals surface area contributed by atoms with Gasteiger partial charge in [-0.05, 0) is 40.2 Å². The molecular weight excluding hydrogens is 352 g/mol. The number of ether oxygens (including phenoxy) is 2. The lowest BCUT2D eigenvalue weighted by molar-refractivity contribution is -0.366. The molecule has 0 aromatic carbocycles. The Kier molecular flexibility index (Phi) is 3.77. The lowest BCUT2D eigenvalue weighted by atomic mass is 9.70. The first-order valence-corrected chi connectivity index (χ1v) is 9.10. The smallest absolute Gasteiger partial charge is 0.334 e. The van der Waals surface area contributed by atoms with Crippen LogP contribution < -0.4 is 0 Å². The number of esters is 2. The fraction of sp³-hybridized carbons (Fsp3) is 0.600. The molecule has 0 unspecified atom stereocenters. The Hall–Kier alpha value is -1.96. The molecule has 0 aromatic rings. The van der Waals surface area contributed by atoms with Crippen LogP contribution in [0.15, 0.2) is 36.0 Å². The van der Waals surface area contributed by atoms with E-state index in [-0.39, 0.29) is 6.42 Å². The molecule has 2 bridgehead atoms. The number of hydrogen-bond acceptors (Lipinski definition) is 7. The molecule has 2 aliphatic heterocycles. The number of aliphatic hydroxyl groups is 1. The Labute approximate surface area is 157 Å². The van der Waals surface area contributed by atoms with Gasteiger partial charge in [0, 0.05) is 17.1 Å². The second-order valence-corrected chi connectivity index (χ2v) is 8.21. The quantitative estimate of drug-likeness (QED) is 0.340. The second-order valence-electron chi connectivity index (χ2n) is 8.21. The normalized spacial score (nSPS) is 48.1. The molecule has 4 rings (SSSR count). The van der Waals surface area contributed by atoms with Crippen LogP contribution in [-0.4, -0.2) is 46.1 Å². The molecule has 0 spiro atoms. The summed E-state index contributed by atoms with van der Waals surface area (Å²) in [7, 11) is 0. The third kappa shape index (κ3) is 2.19. The summed E-state index contributed by atoms with van der Waals surface area (Å²) in [6, 6.07) is 0. The molecule has 0 aromatic heterocycles. The first-order valence-electron chi connectivity index (χ1n) is 9.10.